The molecule has 0 bridgehead atoms. The first-order chi connectivity index (χ1) is 14.1. The highest BCUT2D eigenvalue weighted by Crippen LogP contribution is 2.41. The fraction of sp³-hybridized carbons (Fsp3) is 0.222. The number of fused-ring (bicyclic) bond motifs is 1. The summed E-state index contributed by atoms with van der Waals surface area (Å²) in [4.78, 5) is 6.83. The van der Waals surface area contributed by atoms with Gasteiger partial charge in [-0.05, 0) is 18.2 Å². The predicted octanol–water partition coefficient (Wildman–Crippen LogP) is 2.97. The Morgan fingerprint density at radius 3 is 2.17 bits per heavy atom. The van der Waals surface area contributed by atoms with E-state index in [1.807, 2.05) is 0 Å². The zero-order valence-corrected chi connectivity index (χ0v) is 16.7. The van der Waals surface area contributed by atoms with Gasteiger partial charge in [-0.25, -0.2) is 9.97 Å². The molecule has 0 spiro atoms. The van der Waals surface area contributed by atoms with Gasteiger partial charge in [-0.2, -0.15) is 21.6 Å². The van der Waals surface area contributed by atoms with Crippen LogP contribution in [0, 0.1) is 0 Å². The van der Waals surface area contributed by atoms with Gasteiger partial charge in [0.2, 0.25) is 17.1 Å². The number of pyridine rings is 2. The molecule has 0 aliphatic rings. The summed E-state index contributed by atoms with van der Waals surface area (Å²) in [5.41, 5.74) is -4.85. The second-order valence-corrected chi connectivity index (χ2v) is 7.38. The third-order valence-electron chi connectivity index (χ3n) is 4.05. The molecule has 0 saturated heterocycles. The summed E-state index contributed by atoms with van der Waals surface area (Å²) in [7, 11) is -1.72. The highest BCUT2D eigenvalue weighted by molar-refractivity contribution is 7.88. The van der Waals surface area contributed by atoms with Crippen molar-refractivity contribution in [1.82, 2.24) is 4.98 Å². The van der Waals surface area contributed by atoms with Crippen LogP contribution in [0.3, 0.4) is 0 Å². The zero-order valence-electron chi connectivity index (χ0n) is 15.9. The van der Waals surface area contributed by atoms with Gasteiger partial charge in [0.15, 0.2) is 17.7 Å². The van der Waals surface area contributed by atoms with Crippen molar-refractivity contribution in [2.24, 2.45) is 0 Å². The van der Waals surface area contributed by atoms with Crippen LogP contribution in [0.1, 0.15) is 0 Å². The Hall–Kier alpha value is -3.28. The molecule has 3 rings (SSSR count). The van der Waals surface area contributed by atoms with Gasteiger partial charge in [0, 0.05) is 17.7 Å². The Balaban J connectivity index is 2.24. The van der Waals surface area contributed by atoms with Crippen molar-refractivity contribution in [1.29, 1.82) is 0 Å². The first-order valence-electron chi connectivity index (χ1n) is 8.24. The van der Waals surface area contributed by atoms with Gasteiger partial charge < -0.3 is 18.4 Å². The number of nitrogens with one attached hydrogen (secondary N) is 1. The van der Waals surface area contributed by atoms with Crippen molar-refractivity contribution in [3.63, 3.8) is 0 Å². The number of H-pyrrole nitrogens is 1. The number of hydrogen-bond donors (Lipinski definition) is 0. The molecule has 2 aromatic heterocycles. The van der Waals surface area contributed by atoms with Crippen LogP contribution >= 0.6 is 0 Å². The number of ether oxygens (including phenoxy) is 3. The normalized spacial score (nSPS) is 11.9. The summed E-state index contributed by atoms with van der Waals surface area (Å²) in [6.45, 7) is 0. The molecule has 3 aromatic rings. The van der Waals surface area contributed by atoms with E-state index in [-0.39, 0.29) is 22.6 Å². The number of aromatic amines is 1. The first kappa shape index (κ1) is 21.4. The number of methoxy groups -OCH3 is 3. The van der Waals surface area contributed by atoms with Crippen LogP contribution in [0.2, 0.25) is 0 Å². The molecule has 1 N–H and O–H groups in total. The Morgan fingerprint density at radius 2 is 1.63 bits per heavy atom. The molecule has 0 unspecified atom stereocenters. The summed E-state index contributed by atoms with van der Waals surface area (Å²) in [6.07, 6.45) is 1.52. The zero-order chi connectivity index (χ0) is 22.1. The third kappa shape index (κ3) is 3.90. The van der Waals surface area contributed by atoms with Gasteiger partial charge in [0.1, 0.15) is 5.39 Å². The highest BCUT2D eigenvalue weighted by Gasteiger charge is 2.49. The van der Waals surface area contributed by atoms with Crippen LogP contribution in [0.4, 0.5) is 13.2 Å². The van der Waals surface area contributed by atoms with Gasteiger partial charge >= 0.3 is 15.6 Å². The number of benzene rings is 1. The Kier molecular flexibility index (Phi) is 5.61. The van der Waals surface area contributed by atoms with E-state index in [0.29, 0.717) is 16.8 Å². The number of halogens is 3. The first-order valence-corrected chi connectivity index (χ1v) is 9.64. The van der Waals surface area contributed by atoms with Gasteiger partial charge in [-0.3, -0.25) is 0 Å². The van der Waals surface area contributed by atoms with E-state index in [4.69, 9.17) is 14.2 Å². The van der Waals surface area contributed by atoms with Gasteiger partial charge in [0.25, 0.3) is 0 Å². The Labute approximate surface area is 169 Å². The minimum Gasteiger partial charge on any atom is -0.493 e. The molecule has 8 nitrogen and oxygen atoms in total. The number of aromatic nitrogens is 2. The Bertz CT molecular complexity index is 1170. The summed E-state index contributed by atoms with van der Waals surface area (Å²) >= 11 is 0. The standard InChI is InChI=1S/C18H15F3N2O6S/c1-26-14-7-10(8-15(27-2)16(14)28-3)12-9-13-11(5-4-6-22-13)17(23-12)29-30(24,25)18(19,20)21/h4-9H,1-3H3/p+1. The maximum Gasteiger partial charge on any atom is 0.534 e. The van der Waals surface area contributed by atoms with E-state index in [1.54, 1.807) is 0 Å². The van der Waals surface area contributed by atoms with Gasteiger partial charge in [0.05, 0.1) is 27.0 Å². The quantitative estimate of drug-likeness (QED) is 0.425. The fourth-order valence-electron chi connectivity index (χ4n) is 2.69. The van der Waals surface area contributed by atoms with E-state index >= 15 is 0 Å². The van der Waals surface area contributed by atoms with E-state index in [0.717, 1.165) is 0 Å². The summed E-state index contributed by atoms with van der Waals surface area (Å²) in [6, 6.07) is 7.39. The van der Waals surface area contributed by atoms with E-state index in [2.05, 4.69) is 14.2 Å². The van der Waals surface area contributed by atoms with Crippen molar-refractivity contribution < 1.29 is 45.0 Å². The monoisotopic (exact) mass is 445 g/mol. The maximum absolute atomic E-state index is 12.8. The van der Waals surface area contributed by atoms with Crippen LogP contribution in [0.5, 0.6) is 23.1 Å². The molecule has 0 atom stereocenters. The molecule has 0 amide bonds. The lowest BCUT2D eigenvalue weighted by Gasteiger charge is -2.14. The van der Waals surface area contributed by atoms with E-state index in [1.165, 1.54) is 57.9 Å². The number of nitrogens with zero attached hydrogens (tertiary/aromatic N) is 1. The average molecular weight is 445 g/mol. The molecule has 12 heteroatoms. The lowest BCUT2D eigenvalue weighted by molar-refractivity contribution is -0.344. The van der Waals surface area contributed by atoms with Crippen LogP contribution in [-0.4, -0.2) is 40.2 Å². The largest absolute Gasteiger partial charge is 0.534 e. The molecule has 0 aliphatic heterocycles. The summed E-state index contributed by atoms with van der Waals surface area (Å²) < 4.78 is 81.7. The van der Waals surface area contributed by atoms with Crippen molar-refractivity contribution in [2.45, 2.75) is 5.51 Å². The molecular weight excluding hydrogens is 429 g/mol. The minimum atomic E-state index is -5.92. The summed E-state index contributed by atoms with van der Waals surface area (Å²) in [5.74, 6) is 0.116. The summed E-state index contributed by atoms with van der Waals surface area (Å²) in [5, 5.41) is 0.0431. The lowest BCUT2D eigenvalue weighted by Crippen LogP contribution is -2.28. The Morgan fingerprint density at radius 1 is 1.00 bits per heavy atom. The van der Waals surface area contributed by atoms with Crippen molar-refractivity contribution in [2.75, 3.05) is 21.3 Å². The molecule has 160 valence electrons. The van der Waals surface area contributed by atoms with Crippen molar-refractivity contribution in [3.8, 4) is 34.4 Å². The van der Waals surface area contributed by atoms with Crippen LogP contribution in [0.15, 0.2) is 36.5 Å². The van der Waals surface area contributed by atoms with Crippen LogP contribution in [0.25, 0.3) is 22.2 Å². The van der Waals surface area contributed by atoms with E-state index < -0.39 is 21.5 Å². The number of hydrogen-bond acceptors (Lipinski definition) is 7. The van der Waals surface area contributed by atoms with E-state index in [9.17, 15) is 21.6 Å². The maximum atomic E-state index is 12.8. The average Bonchev–Trinajstić information content (AvgIpc) is 2.71. The number of alkyl halides is 3. The lowest BCUT2D eigenvalue weighted by atomic mass is 10.1. The van der Waals surface area contributed by atoms with Crippen LogP contribution in [-0.2, 0) is 10.1 Å². The smallest absolute Gasteiger partial charge is 0.493 e. The number of rotatable bonds is 6. The SMILES string of the molecule is COc1cc(-c2cc3[nH+]cccc3c(OS(=O)(=O)C(F)(F)F)n2)cc(OC)c1OC. The molecular formula is C18H16F3N2O6S+. The molecule has 0 aliphatic carbocycles. The predicted molar refractivity (Wildman–Crippen MR) is 99.0 cm³/mol. The highest BCUT2D eigenvalue weighted by atomic mass is 32.2. The third-order valence-corrected chi connectivity index (χ3v) is 5.00. The van der Waals surface area contributed by atoms with Crippen molar-refractivity contribution >= 4 is 21.0 Å². The van der Waals surface area contributed by atoms with Gasteiger partial charge in [-0.15, -0.1) is 0 Å². The molecule has 30 heavy (non-hydrogen) atoms. The minimum absolute atomic E-state index is 0.0431. The van der Waals surface area contributed by atoms with Gasteiger partial charge in [-0.1, -0.05) is 0 Å². The van der Waals surface area contributed by atoms with Crippen LogP contribution < -0.4 is 23.4 Å². The fourth-order valence-corrected chi connectivity index (χ4v) is 3.12. The second-order valence-electron chi connectivity index (χ2n) is 5.84. The molecule has 0 radical (unpaired) electrons. The molecule has 2 heterocycles. The molecule has 0 saturated carbocycles. The second kappa shape index (κ2) is 7.86. The van der Waals surface area contributed by atoms with Crippen molar-refractivity contribution in [3.05, 3.63) is 36.5 Å². The molecule has 1 aromatic carbocycles. The molecule has 0 fully saturated rings. The topological polar surface area (TPSA) is 98.1 Å².